The fraction of sp³-hybridized carbons (Fsp3) is 0.441. The Morgan fingerprint density at radius 3 is 2.33 bits per heavy atom. The van der Waals surface area contributed by atoms with Gasteiger partial charge in [0.05, 0.1) is 41.4 Å². The highest BCUT2D eigenvalue weighted by molar-refractivity contribution is 7.90. The summed E-state index contributed by atoms with van der Waals surface area (Å²) in [5.74, 6) is -1.61. The van der Waals surface area contributed by atoms with E-state index < -0.39 is 38.3 Å². The van der Waals surface area contributed by atoms with Crippen LogP contribution in [0.4, 0.5) is 4.39 Å². The third kappa shape index (κ3) is 5.87. The molecule has 46 heavy (non-hydrogen) atoms. The summed E-state index contributed by atoms with van der Waals surface area (Å²) in [7, 11) is -3.80. The van der Waals surface area contributed by atoms with Gasteiger partial charge in [-0.05, 0) is 86.1 Å². The topological polar surface area (TPSA) is 113 Å². The molecule has 0 spiro atoms. The number of aliphatic hydroxyl groups excluding tert-OH is 1. The predicted octanol–water partition coefficient (Wildman–Crippen LogP) is 5.82. The van der Waals surface area contributed by atoms with E-state index in [1.165, 1.54) is 35.2 Å². The Balaban J connectivity index is 1.57. The van der Waals surface area contributed by atoms with E-state index in [-0.39, 0.29) is 57.8 Å². The van der Waals surface area contributed by atoms with Crippen molar-refractivity contribution >= 4 is 38.9 Å². The molecule has 0 bridgehead atoms. The van der Waals surface area contributed by atoms with Crippen LogP contribution in [0.1, 0.15) is 65.2 Å². The van der Waals surface area contributed by atoms with Crippen molar-refractivity contribution in [3.8, 4) is 0 Å². The van der Waals surface area contributed by atoms with Crippen molar-refractivity contribution < 1.29 is 37.3 Å². The standard InChI is InChI=1S/C34H36Cl2FNO7S/c1-32(41,22-9-13-44-14-10-22)24-15-27-30(28(37)16-24)34(23-4-7-25(35)8-5-23,45-20-33(19-39)11-12-33)38(31(27)40)18-21-3-6-26(36)17-29(21)46(2,42)43/h3-8,15-17,22,39,41H,9-14,18-20H2,1-2H3/t32-,34+/m0/s1. The summed E-state index contributed by atoms with van der Waals surface area (Å²) in [5, 5.41) is 22.5. The molecule has 0 aromatic heterocycles. The molecule has 2 heterocycles. The maximum absolute atomic E-state index is 16.8. The minimum atomic E-state index is -3.80. The molecule has 2 fully saturated rings. The number of amides is 1. The maximum Gasteiger partial charge on any atom is 0.257 e. The summed E-state index contributed by atoms with van der Waals surface area (Å²) in [6.45, 7) is 2.10. The highest BCUT2D eigenvalue weighted by Gasteiger charge is 2.57. The van der Waals surface area contributed by atoms with Crippen LogP contribution in [0.25, 0.3) is 0 Å². The number of carbonyl (C=O) groups excluding carboxylic acids is 1. The Bertz CT molecular complexity index is 1770. The summed E-state index contributed by atoms with van der Waals surface area (Å²) in [4.78, 5) is 15.9. The average molecular weight is 693 g/mol. The fourth-order valence-electron chi connectivity index (χ4n) is 6.68. The number of sulfone groups is 1. The van der Waals surface area contributed by atoms with Gasteiger partial charge in [-0.1, -0.05) is 41.4 Å². The lowest BCUT2D eigenvalue weighted by Gasteiger charge is -2.41. The van der Waals surface area contributed by atoms with Gasteiger partial charge in [0.15, 0.2) is 15.6 Å². The summed E-state index contributed by atoms with van der Waals surface area (Å²) < 4.78 is 54.8. The Hall–Kier alpha value is -2.57. The van der Waals surface area contributed by atoms with Crippen LogP contribution in [0.2, 0.25) is 10.0 Å². The molecule has 3 aromatic carbocycles. The molecule has 8 nitrogen and oxygen atoms in total. The number of halogens is 3. The van der Waals surface area contributed by atoms with Crippen LogP contribution in [0.15, 0.2) is 59.5 Å². The second-order valence-corrected chi connectivity index (χ2v) is 15.8. The Labute approximate surface area is 278 Å². The summed E-state index contributed by atoms with van der Waals surface area (Å²) >= 11 is 12.4. The normalized spacial score (nSPS) is 22.5. The van der Waals surface area contributed by atoms with E-state index in [1.54, 1.807) is 31.2 Å². The van der Waals surface area contributed by atoms with E-state index in [0.717, 1.165) is 6.26 Å². The smallest absolute Gasteiger partial charge is 0.257 e. The first-order valence-corrected chi connectivity index (χ1v) is 17.8. The molecular weight excluding hydrogens is 656 g/mol. The van der Waals surface area contributed by atoms with Crippen LogP contribution in [-0.2, 0) is 37.2 Å². The number of ether oxygens (including phenoxy) is 2. The largest absolute Gasteiger partial charge is 0.396 e. The number of hydrogen-bond acceptors (Lipinski definition) is 7. The molecule has 3 aromatic rings. The van der Waals surface area contributed by atoms with Gasteiger partial charge in [-0.15, -0.1) is 0 Å². The molecule has 1 saturated heterocycles. The van der Waals surface area contributed by atoms with Crippen LogP contribution in [0, 0.1) is 17.2 Å². The van der Waals surface area contributed by atoms with Gasteiger partial charge in [0.2, 0.25) is 0 Å². The third-order valence-corrected chi connectivity index (χ3v) is 11.4. The van der Waals surface area contributed by atoms with Crippen molar-refractivity contribution in [3.63, 3.8) is 0 Å². The van der Waals surface area contributed by atoms with Crippen LogP contribution < -0.4 is 0 Å². The van der Waals surface area contributed by atoms with E-state index in [4.69, 9.17) is 32.7 Å². The van der Waals surface area contributed by atoms with Gasteiger partial charge >= 0.3 is 0 Å². The van der Waals surface area contributed by atoms with E-state index in [1.807, 2.05) is 0 Å². The maximum atomic E-state index is 16.8. The van der Waals surface area contributed by atoms with Crippen molar-refractivity contribution in [1.82, 2.24) is 4.90 Å². The van der Waals surface area contributed by atoms with Crippen LogP contribution in [-0.4, -0.2) is 62.1 Å². The molecule has 1 amide bonds. The Morgan fingerprint density at radius 1 is 1.07 bits per heavy atom. The van der Waals surface area contributed by atoms with Crippen molar-refractivity contribution in [2.75, 3.05) is 32.7 Å². The third-order valence-electron chi connectivity index (χ3n) is 9.76. The van der Waals surface area contributed by atoms with Crippen molar-refractivity contribution in [1.29, 1.82) is 0 Å². The highest BCUT2D eigenvalue weighted by atomic mass is 35.5. The zero-order valence-corrected chi connectivity index (χ0v) is 27.9. The predicted molar refractivity (Wildman–Crippen MR) is 171 cm³/mol. The number of benzene rings is 3. The molecule has 6 rings (SSSR count). The van der Waals surface area contributed by atoms with Gasteiger partial charge < -0.3 is 19.7 Å². The molecule has 2 N–H and O–H groups in total. The Kier molecular flexibility index (Phi) is 8.80. The van der Waals surface area contributed by atoms with E-state index in [9.17, 15) is 23.4 Å². The van der Waals surface area contributed by atoms with Gasteiger partial charge in [0, 0.05) is 40.5 Å². The number of fused-ring (bicyclic) bond motifs is 1. The van der Waals surface area contributed by atoms with Crippen LogP contribution >= 0.6 is 23.2 Å². The first-order valence-electron chi connectivity index (χ1n) is 15.2. The Morgan fingerprint density at radius 2 is 1.72 bits per heavy atom. The van der Waals surface area contributed by atoms with Gasteiger partial charge in [0.1, 0.15) is 5.82 Å². The zero-order chi connectivity index (χ0) is 33.1. The molecule has 1 aliphatic carbocycles. The van der Waals surface area contributed by atoms with E-state index in [2.05, 4.69) is 0 Å². The van der Waals surface area contributed by atoms with Crippen molar-refractivity contribution in [3.05, 3.63) is 98.3 Å². The lowest BCUT2D eigenvalue weighted by Crippen LogP contribution is -2.48. The molecule has 2 atom stereocenters. The molecule has 0 radical (unpaired) electrons. The molecule has 246 valence electrons. The zero-order valence-electron chi connectivity index (χ0n) is 25.6. The van der Waals surface area contributed by atoms with Crippen LogP contribution in [0.3, 0.4) is 0 Å². The highest BCUT2D eigenvalue weighted by Crippen LogP contribution is 2.53. The van der Waals surface area contributed by atoms with E-state index >= 15 is 4.39 Å². The molecule has 0 unspecified atom stereocenters. The van der Waals surface area contributed by atoms with Gasteiger partial charge in [-0.3, -0.25) is 9.69 Å². The van der Waals surface area contributed by atoms with Gasteiger partial charge in [-0.25, -0.2) is 12.8 Å². The molecular formula is C34H36Cl2FNO7S. The minimum absolute atomic E-state index is 0.00409. The molecule has 3 aliphatic rings. The lowest BCUT2D eigenvalue weighted by atomic mass is 9.77. The number of hydrogen-bond donors (Lipinski definition) is 2. The van der Waals surface area contributed by atoms with Crippen LogP contribution in [0.5, 0.6) is 0 Å². The number of aliphatic hydroxyl groups is 2. The first-order chi connectivity index (χ1) is 21.7. The number of nitrogens with zero attached hydrogens (tertiary/aromatic N) is 1. The quantitative estimate of drug-likeness (QED) is 0.276. The molecule has 1 saturated carbocycles. The second-order valence-electron chi connectivity index (χ2n) is 12.9. The first kappa shape index (κ1) is 33.3. The summed E-state index contributed by atoms with van der Waals surface area (Å²) in [5.41, 5.74) is -3.08. The van der Waals surface area contributed by atoms with Gasteiger partial charge in [-0.2, -0.15) is 0 Å². The summed E-state index contributed by atoms with van der Waals surface area (Å²) in [6.07, 6.45) is 3.56. The van der Waals surface area contributed by atoms with Gasteiger partial charge in [0.25, 0.3) is 5.91 Å². The lowest BCUT2D eigenvalue weighted by molar-refractivity contribution is -0.130. The van der Waals surface area contributed by atoms with Crippen molar-refractivity contribution in [2.45, 2.75) is 55.4 Å². The molecule has 2 aliphatic heterocycles. The van der Waals surface area contributed by atoms with E-state index in [0.29, 0.717) is 49.5 Å². The monoisotopic (exact) mass is 691 g/mol. The fourth-order valence-corrected chi connectivity index (χ4v) is 7.99. The number of rotatable bonds is 10. The second kappa shape index (κ2) is 12.1. The average Bonchev–Trinajstić information content (AvgIpc) is 3.77. The SMILES string of the molecule is C[C@@](O)(c1cc(F)c2c(c1)C(=O)N(Cc1ccc(Cl)cc1S(C)(=O)=O)[C@@]2(OCC1(CO)CC1)c1ccc(Cl)cc1)C1CCOCC1. The number of carbonyl (C=O) groups is 1. The van der Waals surface area contributed by atoms with Crippen molar-refractivity contribution in [2.24, 2.45) is 11.3 Å². The molecule has 12 heteroatoms. The minimum Gasteiger partial charge on any atom is -0.396 e. The summed E-state index contributed by atoms with van der Waals surface area (Å²) in [6, 6.07) is 13.6.